The Hall–Kier alpha value is -1.79. The van der Waals surface area contributed by atoms with E-state index in [1.165, 1.54) is 4.88 Å². The van der Waals surface area contributed by atoms with Crippen LogP contribution in [0.15, 0.2) is 45.3 Å². The van der Waals surface area contributed by atoms with Gasteiger partial charge in [0.25, 0.3) is 0 Å². The Balaban J connectivity index is 1.86. The van der Waals surface area contributed by atoms with E-state index in [1.807, 2.05) is 18.2 Å². The van der Waals surface area contributed by atoms with Crippen LogP contribution < -0.4 is 10.6 Å². The van der Waals surface area contributed by atoms with Gasteiger partial charge in [-0.2, -0.15) is 0 Å². The largest absolute Gasteiger partial charge is 0.469 e. The fourth-order valence-corrected chi connectivity index (χ4v) is 3.30. The highest BCUT2D eigenvalue weighted by molar-refractivity contribution is 7.09. The molecule has 2 heterocycles. The Morgan fingerprint density at radius 1 is 1.28 bits per heavy atom. The van der Waals surface area contributed by atoms with E-state index in [2.05, 4.69) is 34.0 Å². The number of hydrogen-bond acceptors (Lipinski definition) is 4. The second-order valence-electron chi connectivity index (χ2n) is 6.05. The van der Waals surface area contributed by atoms with Crippen LogP contribution in [-0.2, 0) is 13.0 Å². The first-order valence-electron chi connectivity index (χ1n) is 8.99. The summed E-state index contributed by atoms with van der Waals surface area (Å²) in [7, 11) is 0. The molecule has 0 aliphatic heterocycles. The first-order valence-corrected chi connectivity index (χ1v) is 9.87. The number of hydrogen-bond donors (Lipinski definition) is 3. The van der Waals surface area contributed by atoms with Crippen LogP contribution in [0.4, 0.5) is 0 Å². The third-order valence-corrected chi connectivity index (χ3v) is 4.87. The van der Waals surface area contributed by atoms with Crippen molar-refractivity contribution in [2.24, 2.45) is 10.9 Å². The summed E-state index contributed by atoms with van der Waals surface area (Å²) in [4.78, 5) is 5.93. The van der Waals surface area contributed by atoms with Gasteiger partial charge in [-0.3, -0.25) is 0 Å². The van der Waals surface area contributed by atoms with Gasteiger partial charge in [0.1, 0.15) is 5.76 Å². The van der Waals surface area contributed by atoms with E-state index in [4.69, 9.17) is 4.42 Å². The third-order valence-electron chi connectivity index (χ3n) is 4.01. The molecule has 2 aromatic heterocycles. The minimum Gasteiger partial charge on any atom is -0.469 e. The molecule has 0 aliphatic carbocycles. The molecule has 2 rings (SSSR count). The van der Waals surface area contributed by atoms with Crippen LogP contribution in [0.5, 0.6) is 0 Å². The first kappa shape index (κ1) is 19.5. The molecule has 0 aromatic carbocycles. The zero-order chi connectivity index (χ0) is 17.7. The highest BCUT2D eigenvalue weighted by atomic mass is 32.1. The number of rotatable bonds is 11. The second kappa shape index (κ2) is 11.7. The lowest BCUT2D eigenvalue weighted by Crippen LogP contribution is -2.41. The number of nitrogens with one attached hydrogen (secondary N) is 2. The van der Waals surface area contributed by atoms with Crippen LogP contribution in [0.25, 0.3) is 0 Å². The van der Waals surface area contributed by atoms with Gasteiger partial charge in [0, 0.05) is 31.0 Å². The Labute approximate surface area is 154 Å². The van der Waals surface area contributed by atoms with Crippen LogP contribution in [0, 0.1) is 5.92 Å². The topological polar surface area (TPSA) is 69.8 Å². The van der Waals surface area contributed by atoms with E-state index in [0.717, 1.165) is 50.5 Å². The molecule has 0 bridgehead atoms. The van der Waals surface area contributed by atoms with Gasteiger partial charge in [-0.25, -0.2) is 4.99 Å². The highest BCUT2D eigenvalue weighted by Gasteiger charge is 2.09. The minimum atomic E-state index is 0.236. The summed E-state index contributed by atoms with van der Waals surface area (Å²) in [6.45, 7) is 4.68. The standard InChI is InChI=1S/C19H29N3O2S/c1-2-5-16(9-11-23)14-21-19(22-15-18-7-4-13-25-18)20-10-8-17-6-3-12-24-17/h3-4,6-7,12-13,16,23H,2,5,8-11,14-15H2,1H3,(H2,20,21,22). The molecular weight excluding hydrogens is 334 g/mol. The van der Waals surface area contributed by atoms with Gasteiger partial charge in [0.05, 0.1) is 12.8 Å². The van der Waals surface area contributed by atoms with Crippen molar-refractivity contribution in [1.29, 1.82) is 0 Å². The number of aliphatic hydroxyl groups excluding tert-OH is 1. The molecule has 0 aliphatic rings. The number of aliphatic imine (C=N–C) groups is 1. The average Bonchev–Trinajstić information content (AvgIpc) is 3.30. The summed E-state index contributed by atoms with van der Waals surface area (Å²) in [6.07, 6.45) is 5.58. The van der Waals surface area contributed by atoms with Gasteiger partial charge in [0.15, 0.2) is 5.96 Å². The fraction of sp³-hybridized carbons (Fsp3) is 0.526. The second-order valence-corrected chi connectivity index (χ2v) is 7.08. The summed E-state index contributed by atoms with van der Waals surface area (Å²) < 4.78 is 5.37. The predicted molar refractivity (Wildman–Crippen MR) is 104 cm³/mol. The van der Waals surface area contributed by atoms with Crippen molar-refractivity contribution in [3.8, 4) is 0 Å². The maximum atomic E-state index is 9.22. The molecular formula is C19H29N3O2S. The molecule has 5 nitrogen and oxygen atoms in total. The molecule has 1 atom stereocenters. The monoisotopic (exact) mass is 363 g/mol. The molecule has 138 valence electrons. The zero-order valence-electron chi connectivity index (χ0n) is 14.9. The van der Waals surface area contributed by atoms with Crippen LogP contribution in [0.1, 0.15) is 36.8 Å². The van der Waals surface area contributed by atoms with Crippen molar-refractivity contribution < 1.29 is 9.52 Å². The molecule has 6 heteroatoms. The molecule has 0 saturated heterocycles. The molecule has 2 aromatic rings. The number of nitrogens with zero attached hydrogens (tertiary/aromatic N) is 1. The summed E-state index contributed by atoms with van der Waals surface area (Å²) in [6, 6.07) is 8.03. The maximum Gasteiger partial charge on any atom is 0.191 e. The predicted octanol–water partition coefficient (Wildman–Crippen LogP) is 3.42. The Morgan fingerprint density at radius 3 is 2.88 bits per heavy atom. The lowest BCUT2D eigenvalue weighted by molar-refractivity contribution is 0.251. The fourth-order valence-electron chi connectivity index (χ4n) is 2.67. The maximum absolute atomic E-state index is 9.22. The third kappa shape index (κ3) is 7.75. The molecule has 0 fully saturated rings. The molecule has 0 spiro atoms. The number of thiophene rings is 1. The van der Waals surface area contributed by atoms with Gasteiger partial charge in [0.2, 0.25) is 0 Å². The lowest BCUT2D eigenvalue weighted by Gasteiger charge is -2.18. The number of aliphatic hydroxyl groups is 1. The van der Waals surface area contributed by atoms with Crippen LogP contribution in [0.2, 0.25) is 0 Å². The average molecular weight is 364 g/mol. The van der Waals surface area contributed by atoms with E-state index in [0.29, 0.717) is 12.5 Å². The molecule has 0 saturated carbocycles. The Kier molecular flexibility index (Phi) is 9.15. The molecule has 1 unspecified atom stereocenters. The molecule has 0 amide bonds. The quantitative estimate of drug-likeness (QED) is 0.423. The molecule has 0 radical (unpaired) electrons. The van der Waals surface area contributed by atoms with Crippen molar-refractivity contribution in [1.82, 2.24) is 10.6 Å². The highest BCUT2D eigenvalue weighted by Crippen LogP contribution is 2.11. The smallest absolute Gasteiger partial charge is 0.191 e. The van der Waals surface area contributed by atoms with Crippen LogP contribution >= 0.6 is 11.3 Å². The van der Waals surface area contributed by atoms with E-state index >= 15 is 0 Å². The number of guanidine groups is 1. The summed E-state index contributed by atoms with van der Waals surface area (Å²) in [5.74, 6) is 2.25. The van der Waals surface area contributed by atoms with E-state index in [1.54, 1.807) is 17.6 Å². The van der Waals surface area contributed by atoms with Crippen LogP contribution in [-0.4, -0.2) is 30.8 Å². The van der Waals surface area contributed by atoms with Crippen molar-refractivity contribution in [3.63, 3.8) is 0 Å². The lowest BCUT2D eigenvalue weighted by atomic mass is 10.0. The van der Waals surface area contributed by atoms with Crippen molar-refractivity contribution in [2.75, 3.05) is 19.7 Å². The minimum absolute atomic E-state index is 0.236. The van der Waals surface area contributed by atoms with Crippen molar-refractivity contribution >= 4 is 17.3 Å². The van der Waals surface area contributed by atoms with E-state index in [-0.39, 0.29) is 6.61 Å². The Bertz CT molecular complexity index is 576. The zero-order valence-corrected chi connectivity index (χ0v) is 15.7. The summed E-state index contributed by atoms with van der Waals surface area (Å²) in [5, 5.41) is 18.1. The molecule has 25 heavy (non-hydrogen) atoms. The van der Waals surface area contributed by atoms with Gasteiger partial charge < -0.3 is 20.2 Å². The van der Waals surface area contributed by atoms with Crippen molar-refractivity contribution in [2.45, 2.75) is 39.2 Å². The Morgan fingerprint density at radius 2 is 2.20 bits per heavy atom. The normalized spacial score (nSPS) is 13.0. The van der Waals surface area contributed by atoms with E-state index < -0.39 is 0 Å². The number of furan rings is 1. The summed E-state index contributed by atoms with van der Waals surface area (Å²) in [5.41, 5.74) is 0. The molecule has 3 N–H and O–H groups in total. The SMILES string of the molecule is CCCC(CCO)CNC(=NCc1cccs1)NCCc1ccco1. The van der Waals surface area contributed by atoms with Crippen molar-refractivity contribution in [3.05, 3.63) is 46.5 Å². The van der Waals surface area contributed by atoms with Crippen LogP contribution in [0.3, 0.4) is 0 Å². The van der Waals surface area contributed by atoms with Gasteiger partial charge in [-0.1, -0.05) is 19.4 Å². The summed E-state index contributed by atoms with van der Waals surface area (Å²) >= 11 is 1.72. The van der Waals surface area contributed by atoms with Gasteiger partial charge in [-0.15, -0.1) is 11.3 Å². The van der Waals surface area contributed by atoms with Gasteiger partial charge in [-0.05, 0) is 42.3 Å². The van der Waals surface area contributed by atoms with Gasteiger partial charge >= 0.3 is 0 Å². The first-order chi connectivity index (χ1) is 12.3. The van der Waals surface area contributed by atoms with E-state index in [9.17, 15) is 5.11 Å².